The van der Waals surface area contributed by atoms with Gasteiger partial charge in [0.1, 0.15) is 5.82 Å². The minimum absolute atomic E-state index is 0.0542. The molecule has 0 radical (unpaired) electrons. The number of nitro benzene ring substituents is 1. The number of anilines is 2. The van der Waals surface area contributed by atoms with Gasteiger partial charge in [0.15, 0.2) is 6.10 Å². The molecule has 0 fully saturated rings. The molecule has 206 valence electrons. The fourth-order valence-corrected chi connectivity index (χ4v) is 4.58. The van der Waals surface area contributed by atoms with Crippen LogP contribution in [0.3, 0.4) is 0 Å². The van der Waals surface area contributed by atoms with Gasteiger partial charge >= 0.3 is 12.1 Å². The molecule has 39 heavy (non-hydrogen) atoms. The van der Waals surface area contributed by atoms with Crippen molar-refractivity contribution in [2.24, 2.45) is 0 Å². The van der Waals surface area contributed by atoms with Gasteiger partial charge in [0, 0.05) is 17.8 Å². The SMILES string of the molecule is Cc1ccc(C(=O)O[C@@H](C)C(=O)Nc2ccc([N+](=O)[O-])cc2C(F)(F)F)cc1S(=O)(=O)Nc1ccc(F)cc1. The largest absolute Gasteiger partial charge is 0.449 e. The predicted octanol–water partition coefficient (Wildman–Crippen LogP) is 5.05. The van der Waals surface area contributed by atoms with Crippen molar-refractivity contribution >= 4 is 39.0 Å². The highest BCUT2D eigenvalue weighted by atomic mass is 32.2. The Bertz CT molecular complexity index is 1540. The van der Waals surface area contributed by atoms with Gasteiger partial charge in [-0.05, 0) is 61.9 Å². The van der Waals surface area contributed by atoms with E-state index in [1.54, 1.807) is 0 Å². The van der Waals surface area contributed by atoms with E-state index in [2.05, 4.69) is 4.72 Å². The average Bonchev–Trinajstić information content (AvgIpc) is 2.84. The molecular formula is C24H19F4N3O7S. The summed E-state index contributed by atoms with van der Waals surface area (Å²) >= 11 is 0. The molecule has 10 nitrogen and oxygen atoms in total. The molecule has 2 N–H and O–H groups in total. The van der Waals surface area contributed by atoms with E-state index in [1.165, 1.54) is 31.2 Å². The van der Waals surface area contributed by atoms with Crippen LogP contribution in [0.25, 0.3) is 0 Å². The Kier molecular flexibility index (Phi) is 8.24. The number of alkyl halides is 3. The zero-order chi connectivity index (χ0) is 29.1. The maximum Gasteiger partial charge on any atom is 0.418 e. The number of halogens is 4. The van der Waals surface area contributed by atoms with Crippen LogP contribution >= 0.6 is 0 Å². The number of hydrogen-bond donors (Lipinski definition) is 2. The van der Waals surface area contributed by atoms with Crippen molar-refractivity contribution in [2.45, 2.75) is 31.0 Å². The van der Waals surface area contributed by atoms with Crippen molar-refractivity contribution in [3.05, 3.63) is 93.3 Å². The Balaban J connectivity index is 1.78. The minimum atomic E-state index is -5.04. The van der Waals surface area contributed by atoms with Crippen molar-refractivity contribution in [3.8, 4) is 0 Å². The van der Waals surface area contributed by atoms with Crippen LogP contribution in [0.4, 0.5) is 34.6 Å². The lowest BCUT2D eigenvalue weighted by Gasteiger charge is -2.17. The highest BCUT2D eigenvalue weighted by Crippen LogP contribution is 2.37. The van der Waals surface area contributed by atoms with Crippen LogP contribution in [0.15, 0.2) is 65.6 Å². The normalized spacial score (nSPS) is 12.4. The van der Waals surface area contributed by atoms with Gasteiger partial charge in [-0.1, -0.05) is 6.07 Å². The first-order chi connectivity index (χ1) is 18.1. The molecule has 0 saturated carbocycles. The summed E-state index contributed by atoms with van der Waals surface area (Å²) in [5.74, 6) is -2.92. The number of benzene rings is 3. The highest BCUT2D eigenvalue weighted by molar-refractivity contribution is 7.92. The smallest absolute Gasteiger partial charge is 0.418 e. The molecule has 0 aliphatic rings. The van der Waals surface area contributed by atoms with Crippen LogP contribution in [0, 0.1) is 22.9 Å². The van der Waals surface area contributed by atoms with E-state index < -0.39 is 61.9 Å². The van der Waals surface area contributed by atoms with Crippen LogP contribution in [0.2, 0.25) is 0 Å². The summed E-state index contributed by atoms with van der Waals surface area (Å²) < 4.78 is 86.1. The van der Waals surface area contributed by atoms with Crippen molar-refractivity contribution in [3.63, 3.8) is 0 Å². The van der Waals surface area contributed by atoms with Crippen molar-refractivity contribution in [2.75, 3.05) is 10.0 Å². The van der Waals surface area contributed by atoms with Crippen LogP contribution in [0.1, 0.15) is 28.4 Å². The molecule has 0 aliphatic carbocycles. The summed E-state index contributed by atoms with van der Waals surface area (Å²) in [6.07, 6.45) is -6.69. The second kappa shape index (κ2) is 11.1. The van der Waals surface area contributed by atoms with Gasteiger partial charge in [0.05, 0.1) is 26.6 Å². The van der Waals surface area contributed by atoms with Gasteiger partial charge in [-0.25, -0.2) is 17.6 Å². The van der Waals surface area contributed by atoms with E-state index in [0.717, 1.165) is 31.2 Å². The Labute approximate surface area is 218 Å². The van der Waals surface area contributed by atoms with E-state index in [9.17, 15) is 45.7 Å². The number of amides is 1. The number of sulfonamides is 1. The van der Waals surface area contributed by atoms with Crippen LogP contribution < -0.4 is 10.0 Å². The molecule has 0 aliphatic heterocycles. The average molecular weight is 569 g/mol. The molecule has 0 unspecified atom stereocenters. The van der Waals surface area contributed by atoms with Gasteiger partial charge in [0.2, 0.25) is 0 Å². The van der Waals surface area contributed by atoms with Crippen LogP contribution in [-0.2, 0) is 25.7 Å². The molecule has 0 saturated heterocycles. The maximum atomic E-state index is 13.4. The lowest BCUT2D eigenvalue weighted by atomic mass is 10.1. The second-order valence-corrected chi connectivity index (χ2v) is 9.77. The third kappa shape index (κ3) is 7.07. The fourth-order valence-electron chi connectivity index (χ4n) is 3.25. The van der Waals surface area contributed by atoms with Gasteiger partial charge in [0.25, 0.3) is 21.6 Å². The van der Waals surface area contributed by atoms with Gasteiger partial charge in [-0.2, -0.15) is 13.2 Å². The van der Waals surface area contributed by atoms with E-state index in [0.29, 0.717) is 6.07 Å². The number of nitrogens with zero attached hydrogens (tertiary/aromatic N) is 1. The lowest BCUT2D eigenvalue weighted by molar-refractivity contribution is -0.385. The quantitative estimate of drug-likeness (QED) is 0.167. The minimum Gasteiger partial charge on any atom is -0.449 e. The number of carbonyl (C=O) groups is 2. The highest BCUT2D eigenvalue weighted by Gasteiger charge is 2.36. The zero-order valence-corrected chi connectivity index (χ0v) is 20.9. The van der Waals surface area contributed by atoms with E-state index in [-0.39, 0.29) is 27.8 Å². The molecule has 0 aromatic heterocycles. The summed E-state index contributed by atoms with van der Waals surface area (Å²) in [7, 11) is -4.24. The number of ether oxygens (including phenoxy) is 1. The predicted molar refractivity (Wildman–Crippen MR) is 130 cm³/mol. The lowest BCUT2D eigenvalue weighted by Crippen LogP contribution is -2.31. The molecule has 1 atom stereocenters. The number of nitrogens with one attached hydrogen (secondary N) is 2. The number of nitro groups is 1. The summed E-state index contributed by atoms with van der Waals surface area (Å²) in [6, 6.07) is 9.66. The van der Waals surface area contributed by atoms with Crippen LogP contribution in [0.5, 0.6) is 0 Å². The molecule has 0 heterocycles. The van der Waals surface area contributed by atoms with Crippen molar-refractivity contribution < 1.29 is 45.2 Å². The Morgan fingerprint density at radius 1 is 1.03 bits per heavy atom. The molecule has 3 rings (SSSR count). The fraction of sp³-hybridized carbons (Fsp3) is 0.167. The Morgan fingerprint density at radius 3 is 2.26 bits per heavy atom. The number of esters is 1. The number of aryl methyl sites for hydroxylation is 1. The van der Waals surface area contributed by atoms with Gasteiger partial charge in [-0.3, -0.25) is 19.6 Å². The molecular weight excluding hydrogens is 550 g/mol. The molecule has 0 bridgehead atoms. The summed E-state index contributed by atoms with van der Waals surface area (Å²) in [5, 5.41) is 12.8. The third-order valence-corrected chi connectivity index (χ3v) is 6.76. The number of rotatable bonds is 8. The number of non-ortho nitro benzene ring substituents is 1. The first-order valence-electron chi connectivity index (χ1n) is 10.8. The Hall–Kier alpha value is -4.53. The summed E-state index contributed by atoms with van der Waals surface area (Å²) in [5.41, 5.74) is -3.12. The summed E-state index contributed by atoms with van der Waals surface area (Å²) in [4.78, 5) is 34.6. The number of hydrogen-bond acceptors (Lipinski definition) is 7. The molecule has 3 aromatic rings. The van der Waals surface area contributed by atoms with Gasteiger partial charge in [-0.15, -0.1) is 0 Å². The molecule has 0 spiro atoms. The molecule has 1 amide bonds. The second-order valence-electron chi connectivity index (χ2n) is 8.11. The molecule has 15 heteroatoms. The van der Waals surface area contributed by atoms with Crippen LogP contribution in [-0.4, -0.2) is 31.3 Å². The maximum absolute atomic E-state index is 13.4. The zero-order valence-electron chi connectivity index (χ0n) is 20.1. The molecule has 3 aromatic carbocycles. The first kappa shape index (κ1) is 29.0. The summed E-state index contributed by atoms with van der Waals surface area (Å²) in [6.45, 7) is 2.51. The first-order valence-corrected chi connectivity index (χ1v) is 12.3. The topological polar surface area (TPSA) is 145 Å². The van der Waals surface area contributed by atoms with E-state index in [4.69, 9.17) is 4.74 Å². The Morgan fingerprint density at radius 2 is 1.67 bits per heavy atom. The van der Waals surface area contributed by atoms with Crippen molar-refractivity contribution in [1.82, 2.24) is 0 Å². The third-order valence-electron chi connectivity index (χ3n) is 5.24. The van der Waals surface area contributed by atoms with E-state index in [1.807, 2.05) is 5.32 Å². The van der Waals surface area contributed by atoms with Crippen molar-refractivity contribution in [1.29, 1.82) is 0 Å². The van der Waals surface area contributed by atoms with E-state index >= 15 is 0 Å². The van der Waals surface area contributed by atoms with Gasteiger partial charge < -0.3 is 10.1 Å². The standard InChI is InChI=1S/C24H19F4N3O7S/c1-13-3-4-15(11-21(13)39(36,37)30-17-7-5-16(25)6-8-17)23(33)38-14(2)22(32)29-20-10-9-18(31(34)35)12-19(20)24(26,27)28/h3-12,14,30H,1-2H3,(H,29,32)/t14-/m0/s1. The number of carbonyl (C=O) groups excluding carboxylic acids is 2. The monoisotopic (exact) mass is 569 g/mol.